The van der Waals surface area contributed by atoms with Gasteiger partial charge in [-0.2, -0.15) is 4.91 Å². The van der Waals surface area contributed by atoms with Gasteiger partial charge in [-0.15, -0.1) is 0 Å². The van der Waals surface area contributed by atoms with E-state index in [9.17, 15) is 9.70 Å². The average Bonchev–Trinajstić information content (AvgIpc) is 3.27. The highest BCUT2D eigenvalue weighted by atomic mass is 16.3. The fourth-order valence-corrected chi connectivity index (χ4v) is 3.64. The van der Waals surface area contributed by atoms with E-state index in [0.717, 1.165) is 63.7 Å². The van der Waals surface area contributed by atoms with Crippen molar-refractivity contribution in [3.05, 3.63) is 53.0 Å². The fraction of sp³-hybridized carbons (Fsp3) is 0.522. The summed E-state index contributed by atoms with van der Waals surface area (Å²) in [5.74, 6) is -0.405. The summed E-state index contributed by atoms with van der Waals surface area (Å²) in [6.07, 6.45) is 14.0. The molecule has 5 N–H and O–H groups in total. The minimum absolute atomic E-state index is 0.0597. The summed E-state index contributed by atoms with van der Waals surface area (Å²) in [4.78, 5) is 26.1. The molecule has 0 aliphatic carbocycles. The highest BCUT2D eigenvalue weighted by Crippen LogP contribution is 2.09. The lowest BCUT2D eigenvalue weighted by molar-refractivity contribution is -0.117. The number of carbonyl (C=O) groups is 1. The minimum atomic E-state index is -0.594. The molecule has 0 bridgehead atoms. The highest BCUT2D eigenvalue weighted by Gasteiger charge is 2.18. The molecule has 0 saturated carbocycles. The van der Waals surface area contributed by atoms with Gasteiger partial charge in [-0.05, 0) is 44.8 Å². The van der Waals surface area contributed by atoms with Crippen molar-refractivity contribution in [2.24, 2.45) is 5.18 Å². The number of amidine groups is 1. The van der Waals surface area contributed by atoms with Gasteiger partial charge in [0.25, 0.3) is 5.91 Å². The number of nitrogens with zero attached hydrogens (tertiary/aromatic N) is 2. The molecule has 9 heteroatoms. The molecule has 1 fully saturated rings. The fourth-order valence-electron chi connectivity index (χ4n) is 3.64. The van der Waals surface area contributed by atoms with Crippen molar-refractivity contribution in [2.45, 2.75) is 37.8 Å². The van der Waals surface area contributed by atoms with Crippen LogP contribution >= 0.6 is 0 Å². The van der Waals surface area contributed by atoms with E-state index in [1.165, 1.54) is 6.08 Å². The zero-order chi connectivity index (χ0) is 23.2. The van der Waals surface area contributed by atoms with E-state index in [-0.39, 0.29) is 24.0 Å². The van der Waals surface area contributed by atoms with Gasteiger partial charge in [-0.1, -0.05) is 41.6 Å². The molecule has 1 amide bonds. The summed E-state index contributed by atoms with van der Waals surface area (Å²) in [6, 6.07) is -0.445. The van der Waals surface area contributed by atoms with Crippen LogP contribution in [0, 0.1) is 15.7 Å². The van der Waals surface area contributed by atoms with Crippen LogP contribution < -0.4 is 16.0 Å². The Morgan fingerprint density at radius 2 is 2.25 bits per heavy atom. The number of hydrogen-bond acceptors (Lipinski definition) is 7. The van der Waals surface area contributed by atoms with Gasteiger partial charge in [0, 0.05) is 38.4 Å². The second-order valence-electron chi connectivity index (χ2n) is 8.10. The molecule has 2 aliphatic rings. The monoisotopic (exact) mass is 441 g/mol. The molecule has 2 aliphatic heterocycles. The number of hydrogen-bond donors (Lipinski definition) is 5. The second kappa shape index (κ2) is 14.2. The van der Waals surface area contributed by atoms with Crippen LogP contribution in [-0.2, 0) is 4.79 Å². The molecule has 9 nitrogen and oxygen atoms in total. The van der Waals surface area contributed by atoms with E-state index >= 15 is 0 Å². The summed E-state index contributed by atoms with van der Waals surface area (Å²) < 4.78 is 0. The van der Waals surface area contributed by atoms with Gasteiger partial charge in [-0.25, -0.2) is 0 Å². The van der Waals surface area contributed by atoms with E-state index in [1.54, 1.807) is 0 Å². The molecule has 2 unspecified atom stereocenters. The maximum Gasteiger partial charge on any atom is 0.253 e. The van der Waals surface area contributed by atoms with E-state index in [1.807, 2.05) is 18.2 Å². The minimum Gasteiger partial charge on any atom is -0.366 e. The van der Waals surface area contributed by atoms with Crippen molar-refractivity contribution in [3.8, 4) is 0 Å². The predicted molar refractivity (Wildman–Crippen MR) is 129 cm³/mol. The Labute approximate surface area is 190 Å². The van der Waals surface area contributed by atoms with Gasteiger partial charge >= 0.3 is 0 Å². The van der Waals surface area contributed by atoms with Crippen LogP contribution in [0.3, 0.4) is 0 Å². The molecule has 0 spiro atoms. The van der Waals surface area contributed by atoms with Gasteiger partial charge in [0.05, 0.1) is 5.57 Å². The zero-order valence-electron chi connectivity index (χ0n) is 18.6. The lowest BCUT2D eigenvalue weighted by atomic mass is 10.1. The first-order valence-electron chi connectivity index (χ1n) is 11.1. The molecule has 0 aromatic carbocycles. The molecular formula is C23H35N7O2. The number of allylic oxidation sites excluding steroid dienone is 4. The van der Waals surface area contributed by atoms with Gasteiger partial charge in [0.1, 0.15) is 11.9 Å². The Morgan fingerprint density at radius 1 is 1.41 bits per heavy atom. The molecule has 2 heterocycles. The number of amides is 1. The Morgan fingerprint density at radius 3 is 2.97 bits per heavy atom. The third kappa shape index (κ3) is 9.49. The summed E-state index contributed by atoms with van der Waals surface area (Å²) >= 11 is 0. The topological polar surface area (TPSA) is 134 Å². The number of rotatable bonds is 9. The van der Waals surface area contributed by atoms with Crippen molar-refractivity contribution in [1.29, 1.82) is 10.8 Å². The molecule has 0 aromatic rings. The lowest BCUT2D eigenvalue weighted by Crippen LogP contribution is -2.40. The SMILES string of the molecule is C=C1/C=C\C=C/CCN(CC(CNC(=O)/C(C=N)=C/C(=N)NC2CCNC2)N=O)CCC1. The van der Waals surface area contributed by atoms with Crippen LogP contribution in [0.2, 0.25) is 0 Å². The predicted octanol–water partition coefficient (Wildman–Crippen LogP) is 1.90. The van der Waals surface area contributed by atoms with Crippen molar-refractivity contribution in [1.82, 2.24) is 20.9 Å². The molecule has 2 rings (SSSR count). The molecule has 2 atom stereocenters. The highest BCUT2D eigenvalue weighted by molar-refractivity contribution is 6.15. The summed E-state index contributed by atoms with van der Waals surface area (Å²) in [5, 5.41) is 27.7. The Bertz CT molecular complexity index is 766. The van der Waals surface area contributed by atoms with E-state index < -0.39 is 11.9 Å². The lowest BCUT2D eigenvalue weighted by Gasteiger charge is -2.24. The molecule has 32 heavy (non-hydrogen) atoms. The van der Waals surface area contributed by atoms with Crippen LogP contribution in [0.15, 0.2) is 53.3 Å². The van der Waals surface area contributed by atoms with E-state index in [4.69, 9.17) is 10.8 Å². The largest absolute Gasteiger partial charge is 0.366 e. The molecule has 174 valence electrons. The van der Waals surface area contributed by atoms with Crippen molar-refractivity contribution < 1.29 is 4.79 Å². The quantitative estimate of drug-likeness (QED) is 0.161. The van der Waals surface area contributed by atoms with E-state index in [2.05, 4.69) is 38.7 Å². The maximum atomic E-state index is 12.5. The standard InChI is InChI=1S/C23H35N7O2/c1-18-7-4-2-3-5-11-30(12-6-8-18)17-21(29-32)16-27-23(31)19(14-24)13-22(25)28-20-9-10-26-15-20/h2-4,7,13-14,20-21,24,26H,1,5-6,8-12,15-17H2,(H2,25,28)(H,27,31)/b3-2-,7-4-,19-13+,24-14?. The second-order valence-corrected chi connectivity index (χ2v) is 8.10. The van der Waals surface area contributed by atoms with Gasteiger partial charge in [0.15, 0.2) is 0 Å². The smallest absolute Gasteiger partial charge is 0.253 e. The molecular weight excluding hydrogens is 406 g/mol. The first-order chi connectivity index (χ1) is 15.5. The number of nitrogens with one attached hydrogen (secondary N) is 5. The summed E-state index contributed by atoms with van der Waals surface area (Å²) in [7, 11) is 0. The van der Waals surface area contributed by atoms with Crippen molar-refractivity contribution in [3.63, 3.8) is 0 Å². The van der Waals surface area contributed by atoms with Gasteiger partial charge in [-0.3, -0.25) is 10.2 Å². The molecule has 1 saturated heterocycles. The first kappa shape index (κ1) is 25.4. The van der Waals surface area contributed by atoms with Crippen LogP contribution in [0.5, 0.6) is 0 Å². The third-order valence-corrected chi connectivity index (χ3v) is 5.42. The van der Waals surface area contributed by atoms with Crippen LogP contribution in [0.1, 0.15) is 25.7 Å². The summed E-state index contributed by atoms with van der Waals surface area (Å²) in [5.41, 5.74) is 1.13. The Kier molecular flexibility index (Phi) is 11.3. The molecule has 0 aromatic heterocycles. The van der Waals surface area contributed by atoms with Gasteiger partial charge in [0.2, 0.25) is 0 Å². The van der Waals surface area contributed by atoms with Crippen LogP contribution in [-0.4, -0.2) is 74.2 Å². The summed E-state index contributed by atoms with van der Waals surface area (Å²) in [6.45, 7) is 7.87. The number of carbonyl (C=O) groups excluding carboxylic acids is 1. The average molecular weight is 442 g/mol. The van der Waals surface area contributed by atoms with E-state index in [0.29, 0.717) is 6.54 Å². The first-order valence-corrected chi connectivity index (χ1v) is 11.1. The van der Waals surface area contributed by atoms with Crippen molar-refractivity contribution in [2.75, 3.05) is 39.3 Å². The van der Waals surface area contributed by atoms with Gasteiger partial charge < -0.3 is 26.3 Å². The third-order valence-electron chi connectivity index (χ3n) is 5.42. The Hall–Kier alpha value is -2.91. The number of nitroso groups, excluding NO2 is 1. The van der Waals surface area contributed by atoms with Crippen LogP contribution in [0.4, 0.5) is 0 Å². The van der Waals surface area contributed by atoms with Crippen LogP contribution in [0.25, 0.3) is 0 Å². The Balaban J connectivity index is 1.85. The maximum absolute atomic E-state index is 12.5. The molecule has 0 radical (unpaired) electrons. The van der Waals surface area contributed by atoms with Crippen molar-refractivity contribution >= 4 is 18.0 Å². The normalized spacial score (nSPS) is 23.4. The zero-order valence-corrected chi connectivity index (χ0v) is 18.6.